The van der Waals surface area contributed by atoms with Crippen LogP contribution in [0.25, 0.3) is 0 Å². The fourth-order valence-corrected chi connectivity index (χ4v) is 3.33. The van der Waals surface area contributed by atoms with Gasteiger partial charge in [0, 0.05) is 25.3 Å². The number of nitro groups is 1. The van der Waals surface area contributed by atoms with Crippen molar-refractivity contribution in [1.29, 1.82) is 0 Å². The first-order chi connectivity index (χ1) is 9.59. The molecule has 0 fully saturated rings. The Labute approximate surface area is 128 Å². The Balaban J connectivity index is 3.03. The van der Waals surface area contributed by atoms with Crippen molar-refractivity contribution >= 4 is 27.3 Å². The van der Waals surface area contributed by atoms with Crippen LogP contribution >= 0.6 is 11.6 Å². The van der Waals surface area contributed by atoms with Crippen LogP contribution in [0.4, 0.5) is 5.69 Å². The molecule has 1 rings (SSSR count). The number of hydrogen-bond acceptors (Lipinski definition) is 5. The summed E-state index contributed by atoms with van der Waals surface area (Å²) in [5.41, 5.74) is -0.802. The van der Waals surface area contributed by atoms with Crippen molar-refractivity contribution in [2.45, 2.75) is 25.2 Å². The lowest BCUT2D eigenvalue weighted by molar-refractivity contribution is -0.385. The Kier molecular flexibility index (Phi) is 5.68. The Morgan fingerprint density at radius 2 is 2.05 bits per heavy atom. The molecule has 0 saturated carbocycles. The molecule has 0 aliphatic rings. The Morgan fingerprint density at radius 3 is 2.57 bits per heavy atom. The summed E-state index contributed by atoms with van der Waals surface area (Å²) < 4.78 is 26.8. The van der Waals surface area contributed by atoms with Gasteiger partial charge in [0.05, 0.1) is 9.95 Å². The van der Waals surface area contributed by atoms with Crippen molar-refractivity contribution in [1.82, 2.24) is 4.72 Å². The molecule has 0 aliphatic heterocycles. The number of nitro benzene ring substituents is 1. The molecule has 7 nitrogen and oxygen atoms in total. The predicted octanol–water partition coefficient (Wildman–Crippen LogP) is 1.94. The minimum atomic E-state index is -3.97. The first kappa shape index (κ1) is 17.8. The number of halogens is 1. The van der Waals surface area contributed by atoms with Crippen molar-refractivity contribution in [2.24, 2.45) is 5.41 Å². The largest absolute Gasteiger partial charge is 0.396 e. The molecule has 0 aromatic heterocycles. The summed E-state index contributed by atoms with van der Waals surface area (Å²) in [5, 5.41) is 19.5. The third-order valence-electron chi connectivity index (χ3n) is 2.94. The Morgan fingerprint density at radius 1 is 1.43 bits per heavy atom. The van der Waals surface area contributed by atoms with Crippen LogP contribution in [0.1, 0.15) is 20.3 Å². The van der Waals surface area contributed by atoms with E-state index in [4.69, 9.17) is 16.7 Å². The third-order valence-corrected chi connectivity index (χ3v) is 4.83. The van der Waals surface area contributed by atoms with E-state index in [0.717, 1.165) is 12.1 Å². The van der Waals surface area contributed by atoms with Gasteiger partial charge < -0.3 is 5.11 Å². The average molecular weight is 337 g/mol. The molecular weight excluding hydrogens is 320 g/mol. The summed E-state index contributed by atoms with van der Waals surface area (Å²) in [7, 11) is -3.97. The summed E-state index contributed by atoms with van der Waals surface area (Å²) >= 11 is 5.81. The van der Waals surface area contributed by atoms with Crippen LogP contribution in [0.5, 0.6) is 0 Å². The van der Waals surface area contributed by atoms with Crippen LogP contribution in [0, 0.1) is 15.5 Å². The highest BCUT2D eigenvalue weighted by Crippen LogP contribution is 2.27. The minimum absolute atomic E-state index is 0.0632. The van der Waals surface area contributed by atoms with Gasteiger partial charge in [0.1, 0.15) is 4.90 Å². The van der Waals surface area contributed by atoms with Crippen LogP contribution in [0.2, 0.25) is 5.02 Å². The highest BCUT2D eigenvalue weighted by molar-refractivity contribution is 7.89. The number of benzene rings is 1. The molecule has 0 amide bonds. The minimum Gasteiger partial charge on any atom is -0.396 e. The lowest BCUT2D eigenvalue weighted by Crippen LogP contribution is -2.34. The smallest absolute Gasteiger partial charge is 0.270 e. The Hall–Kier alpha value is -1.22. The van der Waals surface area contributed by atoms with Gasteiger partial charge in [0.25, 0.3) is 5.69 Å². The molecule has 0 saturated heterocycles. The van der Waals surface area contributed by atoms with Crippen molar-refractivity contribution in [3.8, 4) is 0 Å². The second-order valence-corrected chi connectivity index (χ2v) is 7.48. The van der Waals surface area contributed by atoms with E-state index in [1.165, 1.54) is 6.07 Å². The molecule has 0 bridgehead atoms. The molecule has 21 heavy (non-hydrogen) atoms. The summed E-state index contributed by atoms with van der Waals surface area (Å²) in [6.45, 7) is 3.60. The zero-order valence-corrected chi connectivity index (χ0v) is 13.2. The molecule has 0 unspecified atom stereocenters. The lowest BCUT2D eigenvalue weighted by atomic mass is 9.90. The normalized spacial score (nSPS) is 12.4. The third kappa shape index (κ3) is 4.92. The maximum absolute atomic E-state index is 12.2. The topological polar surface area (TPSA) is 110 Å². The predicted molar refractivity (Wildman–Crippen MR) is 78.8 cm³/mol. The summed E-state index contributed by atoms with van der Waals surface area (Å²) in [6, 6.07) is 3.23. The second kappa shape index (κ2) is 6.69. The second-order valence-electron chi connectivity index (χ2n) is 5.33. The fraction of sp³-hybridized carbons (Fsp3) is 0.500. The Bertz CT molecular complexity index is 631. The molecule has 118 valence electrons. The van der Waals surface area contributed by atoms with Crippen molar-refractivity contribution in [3.63, 3.8) is 0 Å². The molecular formula is C12H17ClN2O5S. The van der Waals surface area contributed by atoms with E-state index < -0.39 is 20.4 Å². The average Bonchev–Trinajstić information content (AvgIpc) is 2.36. The van der Waals surface area contributed by atoms with Gasteiger partial charge in [-0.25, -0.2) is 13.1 Å². The number of hydrogen-bond donors (Lipinski definition) is 2. The van der Waals surface area contributed by atoms with Gasteiger partial charge in [-0.15, -0.1) is 0 Å². The number of aliphatic hydroxyl groups excluding tert-OH is 1. The van der Waals surface area contributed by atoms with Crippen molar-refractivity contribution < 1.29 is 18.4 Å². The summed E-state index contributed by atoms with van der Waals surface area (Å²) in [5.74, 6) is 0. The van der Waals surface area contributed by atoms with Gasteiger partial charge in [-0.3, -0.25) is 10.1 Å². The van der Waals surface area contributed by atoms with Gasteiger partial charge in [-0.2, -0.15) is 0 Å². The number of rotatable bonds is 7. The fourth-order valence-electron chi connectivity index (χ4n) is 1.57. The number of nitrogens with zero attached hydrogens (tertiary/aromatic N) is 1. The lowest BCUT2D eigenvalue weighted by Gasteiger charge is -2.23. The van der Waals surface area contributed by atoms with Crippen molar-refractivity contribution in [3.05, 3.63) is 33.3 Å². The molecule has 0 radical (unpaired) electrons. The summed E-state index contributed by atoms with van der Waals surface area (Å²) in [4.78, 5) is 9.69. The van der Waals surface area contributed by atoms with E-state index in [-0.39, 0.29) is 28.8 Å². The maximum Gasteiger partial charge on any atom is 0.270 e. The number of sulfonamides is 1. The van der Waals surface area contributed by atoms with Gasteiger partial charge in [0.2, 0.25) is 10.0 Å². The maximum atomic E-state index is 12.2. The zero-order chi connectivity index (χ0) is 16.3. The summed E-state index contributed by atoms with van der Waals surface area (Å²) in [6.07, 6.45) is 0.415. The molecule has 1 aromatic carbocycles. The van der Waals surface area contributed by atoms with Crippen LogP contribution in [-0.2, 0) is 10.0 Å². The first-order valence-electron chi connectivity index (χ1n) is 6.13. The van der Waals surface area contributed by atoms with Crippen LogP contribution < -0.4 is 4.72 Å². The first-order valence-corrected chi connectivity index (χ1v) is 8.00. The highest BCUT2D eigenvalue weighted by Gasteiger charge is 2.25. The van der Waals surface area contributed by atoms with E-state index >= 15 is 0 Å². The molecule has 0 spiro atoms. The van der Waals surface area contributed by atoms with E-state index in [2.05, 4.69) is 4.72 Å². The van der Waals surface area contributed by atoms with E-state index in [1.54, 1.807) is 13.8 Å². The SMILES string of the molecule is CC(C)(CCO)CNS(=O)(=O)c1cc([N+](=O)[O-])ccc1Cl. The van der Waals surface area contributed by atoms with E-state index in [1.807, 2.05) is 0 Å². The van der Waals surface area contributed by atoms with Crippen molar-refractivity contribution in [2.75, 3.05) is 13.2 Å². The van der Waals surface area contributed by atoms with E-state index in [9.17, 15) is 18.5 Å². The molecule has 1 aromatic rings. The zero-order valence-electron chi connectivity index (χ0n) is 11.7. The monoisotopic (exact) mass is 336 g/mol. The van der Waals surface area contributed by atoms with Crippen LogP contribution in [-0.4, -0.2) is 31.6 Å². The van der Waals surface area contributed by atoms with E-state index in [0.29, 0.717) is 6.42 Å². The standard InChI is InChI=1S/C12H17ClN2O5S/c1-12(2,5-6-16)8-14-21(19,20)11-7-9(15(17)18)3-4-10(11)13/h3-4,7,14,16H,5-6,8H2,1-2H3. The molecule has 9 heteroatoms. The number of non-ortho nitro benzene ring substituents is 1. The molecule has 0 heterocycles. The van der Waals surface area contributed by atoms with Gasteiger partial charge in [-0.1, -0.05) is 25.4 Å². The highest BCUT2D eigenvalue weighted by atomic mass is 35.5. The van der Waals surface area contributed by atoms with Crippen LogP contribution in [0.15, 0.2) is 23.1 Å². The number of nitrogens with one attached hydrogen (secondary N) is 1. The van der Waals surface area contributed by atoms with Gasteiger partial charge in [-0.05, 0) is 17.9 Å². The van der Waals surface area contributed by atoms with Gasteiger partial charge >= 0.3 is 0 Å². The molecule has 2 N–H and O–H groups in total. The molecule has 0 aliphatic carbocycles. The quantitative estimate of drug-likeness (QED) is 0.584. The van der Waals surface area contributed by atoms with Gasteiger partial charge in [0.15, 0.2) is 0 Å². The number of aliphatic hydroxyl groups is 1. The molecule has 0 atom stereocenters. The van der Waals surface area contributed by atoms with Crippen LogP contribution in [0.3, 0.4) is 0 Å².